The molecule has 0 fully saturated rings. The normalized spacial score (nSPS) is 18.0. The highest BCUT2D eigenvalue weighted by atomic mass is 35.5. The van der Waals surface area contributed by atoms with Gasteiger partial charge in [0.05, 0.1) is 16.8 Å². The molecule has 1 aromatic rings. The van der Waals surface area contributed by atoms with Gasteiger partial charge in [-0.3, -0.25) is 9.79 Å². The molecule has 0 aromatic heterocycles. The summed E-state index contributed by atoms with van der Waals surface area (Å²) in [7, 11) is 0. The number of Topliss-reactive ketones (excluding diaryl/α,β-unsaturated/α-hetero) is 1. The van der Waals surface area contributed by atoms with Crippen LogP contribution in [0, 0.1) is 5.41 Å². The number of aromatic carboxylic acids is 1. The second-order valence-electron chi connectivity index (χ2n) is 6.03. The van der Waals surface area contributed by atoms with Crippen LogP contribution in [0.25, 0.3) is 0 Å². The number of carboxylic acid groups (broad SMARTS) is 1. The number of rotatable bonds is 3. The van der Waals surface area contributed by atoms with E-state index in [0.29, 0.717) is 12.8 Å². The number of halogens is 1. The average Bonchev–Trinajstić information content (AvgIpc) is 2.37. The molecule has 0 unspecified atom stereocenters. The Morgan fingerprint density at radius 1 is 1.36 bits per heavy atom. The zero-order chi connectivity index (χ0) is 16.5. The molecule has 0 saturated heterocycles. The third-order valence-corrected chi connectivity index (χ3v) is 3.65. The molecule has 2 rings (SSSR count). The van der Waals surface area contributed by atoms with Crippen molar-refractivity contribution in [2.45, 2.75) is 26.7 Å². The third kappa shape index (κ3) is 3.54. The molecular weight excluding hydrogens is 306 g/mol. The van der Waals surface area contributed by atoms with Gasteiger partial charge in [0.1, 0.15) is 5.76 Å². The zero-order valence-corrected chi connectivity index (χ0v) is 13.0. The Kier molecular flexibility index (Phi) is 4.37. The van der Waals surface area contributed by atoms with Crippen LogP contribution in [0.1, 0.15) is 37.0 Å². The first-order valence-electron chi connectivity index (χ1n) is 6.72. The Morgan fingerprint density at radius 2 is 2.05 bits per heavy atom. The molecule has 0 radical (unpaired) electrons. The average molecular weight is 322 g/mol. The summed E-state index contributed by atoms with van der Waals surface area (Å²) in [6.45, 7) is 3.80. The van der Waals surface area contributed by atoms with E-state index in [-0.39, 0.29) is 38.8 Å². The lowest BCUT2D eigenvalue weighted by Crippen LogP contribution is -2.26. The standard InChI is InChI=1S/C16H16ClNO4/c1-16(2)6-13(19)11(14(20)7-16)8-18-12-4-3-9(17)5-10(12)15(21)22/h3-5,8,19H,6-7H2,1-2H3,(H,21,22). The predicted molar refractivity (Wildman–Crippen MR) is 84.2 cm³/mol. The minimum absolute atomic E-state index is 0.0177. The number of benzene rings is 1. The SMILES string of the molecule is CC1(C)CC(=O)C(C=Nc2ccc(Cl)cc2C(=O)O)=C(O)C1. The summed E-state index contributed by atoms with van der Waals surface area (Å²) in [5, 5.41) is 19.4. The van der Waals surface area contributed by atoms with Crippen LogP contribution in [-0.2, 0) is 4.79 Å². The van der Waals surface area contributed by atoms with Crippen molar-refractivity contribution in [1.29, 1.82) is 0 Å². The molecule has 2 N–H and O–H groups in total. The Hall–Kier alpha value is -2.14. The van der Waals surface area contributed by atoms with Gasteiger partial charge < -0.3 is 10.2 Å². The van der Waals surface area contributed by atoms with Crippen LogP contribution in [-0.4, -0.2) is 28.2 Å². The summed E-state index contributed by atoms with van der Waals surface area (Å²) in [6, 6.07) is 4.26. The lowest BCUT2D eigenvalue weighted by molar-refractivity contribution is -0.117. The lowest BCUT2D eigenvalue weighted by atomic mass is 9.77. The van der Waals surface area contributed by atoms with Gasteiger partial charge >= 0.3 is 5.97 Å². The minimum Gasteiger partial charge on any atom is -0.511 e. The van der Waals surface area contributed by atoms with Crippen molar-refractivity contribution in [3.05, 3.63) is 40.1 Å². The first-order valence-corrected chi connectivity index (χ1v) is 7.10. The second-order valence-corrected chi connectivity index (χ2v) is 6.46. The Bertz CT molecular complexity index is 704. The molecule has 116 valence electrons. The fraction of sp³-hybridized carbons (Fsp3) is 0.312. The summed E-state index contributed by atoms with van der Waals surface area (Å²) in [5.41, 5.74) is -0.0433. The number of carboxylic acids is 1. The number of carbonyl (C=O) groups is 2. The van der Waals surface area contributed by atoms with Gasteiger partial charge in [-0.05, 0) is 23.6 Å². The van der Waals surface area contributed by atoms with Gasteiger partial charge in [0.2, 0.25) is 0 Å². The number of allylic oxidation sites excluding steroid dienone is 2. The van der Waals surface area contributed by atoms with Crippen LogP contribution in [0.2, 0.25) is 5.02 Å². The van der Waals surface area contributed by atoms with E-state index in [1.54, 1.807) is 0 Å². The van der Waals surface area contributed by atoms with Crippen LogP contribution in [0.3, 0.4) is 0 Å². The largest absolute Gasteiger partial charge is 0.511 e. The van der Waals surface area contributed by atoms with E-state index in [1.807, 2.05) is 13.8 Å². The lowest BCUT2D eigenvalue weighted by Gasteiger charge is -2.28. The monoisotopic (exact) mass is 321 g/mol. The summed E-state index contributed by atoms with van der Waals surface area (Å²) >= 11 is 5.77. The summed E-state index contributed by atoms with van der Waals surface area (Å²) in [4.78, 5) is 27.3. The van der Waals surface area contributed by atoms with Crippen LogP contribution < -0.4 is 0 Å². The fourth-order valence-corrected chi connectivity index (χ4v) is 2.55. The van der Waals surface area contributed by atoms with Crippen LogP contribution in [0.15, 0.2) is 34.5 Å². The number of ketones is 1. The predicted octanol–water partition coefficient (Wildman–Crippen LogP) is 3.94. The quantitative estimate of drug-likeness (QED) is 0.825. The van der Waals surface area contributed by atoms with Gasteiger partial charge in [0.15, 0.2) is 5.78 Å². The van der Waals surface area contributed by atoms with Crippen LogP contribution >= 0.6 is 11.6 Å². The van der Waals surface area contributed by atoms with Crippen molar-refractivity contribution in [2.24, 2.45) is 10.4 Å². The number of aliphatic imine (C=N–C) groups is 1. The Labute approximate surface area is 132 Å². The maximum atomic E-state index is 12.1. The number of nitrogens with zero attached hydrogens (tertiary/aromatic N) is 1. The maximum Gasteiger partial charge on any atom is 0.337 e. The molecule has 0 amide bonds. The van der Waals surface area contributed by atoms with E-state index < -0.39 is 5.97 Å². The van der Waals surface area contributed by atoms with E-state index in [4.69, 9.17) is 16.7 Å². The van der Waals surface area contributed by atoms with Crippen molar-refractivity contribution >= 4 is 35.3 Å². The van der Waals surface area contributed by atoms with Gasteiger partial charge in [-0.25, -0.2) is 4.79 Å². The Balaban J connectivity index is 2.37. The van der Waals surface area contributed by atoms with Crippen LogP contribution in [0.4, 0.5) is 5.69 Å². The molecule has 0 atom stereocenters. The van der Waals surface area contributed by atoms with Crippen molar-refractivity contribution in [2.75, 3.05) is 0 Å². The first-order chi connectivity index (χ1) is 10.2. The molecular formula is C16H16ClNO4. The molecule has 1 aromatic carbocycles. The van der Waals surface area contributed by atoms with E-state index in [1.165, 1.54) is 24.4 Å². The second kappa shape index (κ2) is 5.93. The molecule has 0 heterocycles. The number of aliphatic hydroxyl groups is 1. The highest BCUT2D eigenvalue weighted by molar-refractivity contribution is 6.31. The van der Waals surface area contributed by atoms with E-state index >= 15 is 0 Å². The number of aliphatic hydroxyl groups excluding tert-OH is 1. The van der Waals surface area contributed by atoms with Crippen molar-refractivity contribution in [1.82, 2.24) is 0 Å². The maximum absolute atomic E-state index is 12.1. The van der Waals surface area contributed by atoms with Gasteiger partial charge in [-0.1, -0.05) is 25.4 Å². The zero-order valence-electron chi connectivity index (χ0n) is 12.3. The molecule has 0 spiro atoms. The van der Waals surface area contributed by atoms with E-state index in [0.717, 1.165) is 0 Å². The molecule has 6 heteroatoms. The molecule has 1 aliphatic carbocycles. The number of hydrogen-bond donors (Lipinski definition) is 2. The fourth-order valence-electron chi connectivity index (χ4n) is 2.37. The minimum atomic E-state index is -1.16. The van der Waals surface area contributed by atoms with Gasteiger partial charge in [0.25, 0.3) is 0 Å². The van der Waals surface area contributed by atoms with Gasteiger partial charge in [0, 0.05) is 24.1 Å². The van der Waals surface area contributed by atoms with E-state index in [2.05, 4.69) is 4.99 Å². The van der Waals surface area contributed by atoms with Crippen LogP contribution in [0.5, 0.6) is 0 Å². The van der Waals surface area contributed by atoms with E-state index in [9.17, 15) is 14.7 Å². The molecule has 0 aliphatic heterocycles. The summed E-state index contributed by atoms with van der Waals surface area (Å²) in [6.07, 6.45) is 1.92. The molecule has 22 heavy (non-hydrogen) atoms. The first kappa shape index (κ1) is 16.2. The van der Waals surface area contributed by atoms with Crippen molar-refractivity contribution in [3.63, 3.8) is 0 Å². The molecule has 0 saturated carbocycles. The highest BCUT2D eigenvalue weighted by Crippen LogP contribution is 2.35. The van der Waals surface area contributed by atoms with Crippen molar-refractivity contribution in [3.8, 4) is 0 Å². The summed E-state index contributed by atoms with van der Waals surface area (Å²) < 4.78 is 0. The number of carbonyl (C=O) groups excluding carboxylic acids is 1. The highest BCUT2D eigenvalue weighted by Gasteiger charge is 2.32. The Morgan fingerprint density at radius 3 is 2.64 bits per heavy atom. The summed E-state index contributed by atoms with van der Waals surface area (Å²) in [5.74, 6) is -1.39. The van der Waals surface area contributed by atoms with Gasteiger partial charge in [-0.15, -0.1) is 0 Å². The van der Waals surface area contributed by atoms with Crippen molar-refractivity contribution < 1.29 is 19.8 Å². The topological polar surface area (TPSA) is 87.0 Å². The smallest absolute Gasteiger partial charge is 0.337 e. The number of hydrogen-bond acceptors (Lipinski definition) is 4. The van der Waals surface area contributed by atoms with Gasteiger partial charge in [-0.2, -0.15) is 0 Å². The molecule has 1 aliphatic rings. The molecule has 5 nitrogen and oxygen atoms in total. The molecule has 0 bridgehead atoms. The third-order valence-electron chi connectivity index (χ3n) is 3.42.